The van der Waals surface area contributed by atoms with Crippen molar-refractivity contribution in [2.45, 2.75) is 13.8 Å². The summed E-state index contributed by atoms with van der Waals surface area (Å²) in [6.07, 6.45) is 0. The highest BCUT2D eigenvalue weighted by atomic mass is 19.2. The molecule has 0 aromatic heterocycles. The topological polar surface area (TPSA) is 70.7 Å². The second-order valence-electron chi connectivity index (χ2n) is 6.77. The maximum absolute atomic E-state index is 13.8. The predicted molar refractivity (Wildman–Crippen MR) is 108 cm³/mol. The quantitative estimate of drug-likeness (QED) is 0.608. The first-order valence-corrected chi connectivity index (χ1v) is 9.23. The van der Waals surface area contributed by atoms with Crippen LogP contribution < -0.4 is 10.6 Å². The Bertz CT molecular complexity index is 922. The van der Waals surface area contributed by atoms with E-state index in [-0.39, 0.29) is 32.1 Å². The summed E-state index contributed by atoms with van der Waals surface area (Å²) in [5.41, 5.74) is 2.14. The van der Waals surface area contributed by atoms with Crippen LogP contribution >= 0.6 is 0 Å². The summed E-state index contributed by atoms with van der Waals surface area (Å²) in [5.74, 6) is -5.53. The average molecular weight is 423 g/mol. The van der Waals surface area contributed by atoms with Crippen molar-refractivity contribution < 1.29 is 27.5 Å². The van der Waals surface area contributed by atoms with Crippen molar-refractivity contribution in [1.82, 2.24) is 4.90 Å². The molecule has 0 saturated heterocycles. The van der Waals surface area contributed by atoms with Gasteiger partial charge in [0.15, 0.2) is 17.5 Å². The number of aryl methyl sites for hydroxylation is 1. The van der Waals surface area contributed by atoms with Gasteiger partial charge in [-0.05, 0) is 43.2 Å². The zero-order chi connectivity index (χ0) is 22.3. The lowest BCUT2D eigenvalue weighted by molar-refractivity contribution is -0.120. The van der Waals surface area contributed by atoms with Gasteiger partial charge in [-0.1, -0.05) is 12.1 Å². The molecule has 2 amide bonds. The van der Waals surface area contributed by atoms with Crippen LogP contribution in [0.5, 0.6) is 0 Å². The molecule has 2 aromatic carbocycles. The third kappa shape index (κ3) is 6.30. The Kier molecular flexibility index (Phi) is 8.37. The number of hydrogen-bond donors (Lipinski definition) is 2. The van der Waals surface area contributed by atoms with Crippen LogP contribution in [0.2, 0.25) is 0 Å². The monoisotopic (exact) mass is 423 g/mol. The van der Waals surface area contributed by atoms with Gasteiger partial charge in [0.1, 0.15) is 0 Å². The lowest BCUT2D eigenvalue weighted by Crippen LogP contribution is -2.40. The molecule has 0 aliphatic carbocycles. The number of halogens is 3. The van der Waals surface area contributed by atoms with E-state index in [1.165, 1.54) is 12.0 Å². The van der Waals surface area contributed by atoms with Crippen LogP contribution in [-0.2, 0) is 14.3 Å². The molecule has 0 heterocycles. The molecular formula is C21H24F3N3O3. The zero-order valence-electron chi connectivity index (χ0n) is 17.0. The Hall–Kier alpha value is -2.91. The summed E-state index contributed by atoms with van der Waals surface area (Å²) in [7, 11) is 1.48. The van der Waals surface area contributed by atoms with Gasteiger partial charge >= 0.3 is 0 Å². The zero-order valence-corrected chi connectivity index (χ0v) is 17.0. The molecular weight excluding hydrogens is 399 g/mol. The maximum atomic E-state index is 13.8. The fourth-order valence-electron chi connectivity index (χ4n) is 2.73. The minimum absolute atomic E-state index is 0.121. The lowest BCUT2D eigenvalue weighted by atomic mass is 10.1. The van der Waals surface area contributed by atoms with Gasteiger partial charge in [-0.2, -0.15) is 0 Å². The van der Waals surface area contributed by atoms with Gasteiger partial charge in [0.2, 0.25) is 11.8 Å². The first-order valence-electron chi connectivity index (χ1n) is 9.23. The fraction of sp³-hybridized carbons (Fsp3) is 0.333. The van der Waals surface area contributed by atoms with Gasteiger partial charge in [0, 0.05) is 19.3 Å². The second kappa shape index (κ2) is 10.7. The van der Waals surface area contributed by atoms with Crippen LogP contribution in [0.4, 0.5) is 24.5 Å². The summed E-state index contributed by atoms with van der Waals surface area (Å²) in [5, 5.41) is 4.99. The van der Waals surface area contributed by atoms with Crippen molar-refractivity contribution in [1.29, 1.82) is 0 Å². The molecule has 30 heavy (non-hydrogen) atoms. The molecule has 2 rings (SSSR count). The number of carbonyl (C=O) groups is 2. The maximum Gasteiger partial charge on any atom is 0.238 e. The van der Waals surface area contributed by atoms with Crippen LogP contribution in [-0.4, -0.2) is 50.1 Å². The first kappa shape index (κ1) is 23.4. The fourth-order valence-corrected chi connectivity index (χ4v) is 2.73. The van der Waals surface area contributed by atoms with Crippen LogP contribution in [0.3, 0.4) is 0 Å². The highest BCUT2D eigenvalue weighted by molar-refractivity contribution is 5.95. The molecule has 2 N–H and O–H groups in total. The standard InChI is InChI=1S/C21H24F3N3O3/c1-13-5-4-6-16(14(13)2)25-18(28)11-27(9-10-30-3)12-19(29)26-17-8-7-15(22)20(23)21(17)24/h4-8H,9-12H2,1-3H3,(H,25,28)(H,26,29). The number of carbonyl (C=O) groups excluding carboxylic acids is 2. The van der Waals surface area contributed by atoms with Gasteiger partial charge in [-0.3, -0.25) is 14.5 Å². The Morgan fingerprint density at radius 2 is 1.57 bits per heavy atom. The number of amides is 2. The highest BCUT2D eigenvalue weighted by Gasteiger charge is 2.19. The van der Waals surface area contributed by atoms with Gasteiger partial charge in [0.25, 0.3) is 0 Å². The summed E-state index contributed by atoms with van der Waals surface area (Å²) in [6.45, 7) is 3.93. The van der Waals surface area contributed by atoms with E-state index in [4.69, 9.17) is 4.74 Å². The van der Waals surface area contributed by atoms with Gasteiger partial charge in [-0.15, -0.1) is 0 Å². The summed E-state index contributed by atoms with van der Waals surface area (Å²) in [6, 6.07) is 7.17. The molecule has 2 aromatic rings. The van der Waals surface area contributed by atoms with E-state index in [1.807, 2.05) is 26.0 Å². The molecule has 0 atom stereocenters. The number of nitrogens with one attached hydrogen (secondary N) is 2. The minimum atomic E-state index is -1.67. The molecule has 0 bridgehead atoms. The van der Waals surface area contributed by atoms with Crippen LogP contribution in [0.1, 0.15) is 11.1 Å². The molecule has 0 spiro atoms. The first-order chi connectivity index (χ1) is 14.2. The minimum Gasteiger partial charge on any atom is -0.383 e. The Balaban J connectivity index is 2.02. The lowest BCUT2D eigenvalue weighted by Gasteiger charge is -2.21. The van der Waals surface area contributed by atoms with E-state index >= 15 is 0 Å². The van der Waals surface area contributed by atoms with Crippen molar-refractivity contribution in [2.75, 3.05) is 44.0 Å². The van der Waals surface area contributed by atoms with E-state index in [1.54, 1.807) is 6.07 Å². The van der Waals surface area contributed by atoms with Crippen molar-refractivity contribution in [3.8, 4) is 0 Å². The number of benzene rings is 2. The normalized spacial score (nSPS) is 10.9. The number of methoxy groups -OCH3 is 1. The number of rotatable bonds is 9. The highest BCUT2D eigenvalue weighted by Crippen LogP contribution is 2.20. The Labute approximate surface area is 173 Å². The molecule has 0 unspecified atom stereocenters. The van der Waals surface area contributed by atoms with Crippen molar-refractivity contribution in [3.63, 3.8) is 0 Å². The van der Waals surface area contributed by atoms with Crippen molar-refractivity contribution in [3.05, 3.63) is 58.9 Å². The second-order valence-corrected chi connectivity index (χ2v) is 6.77. The third-order valence-corrected chi connectivity index (χ3v) is 4.53. The average Bonchev–Trinajstić information content (AvgIpc) is 2.70. The molecule has 162 valence electrons. The van der Waals surface area contributed by atoms with Crippen LogP contribution in [0.25, 0.3) is 0 Å². The predicted octanol–water partition coefficient (Wildman–Crippen LogP) is 3.25. The molecule has 9 heteroatoms. The summed E-state index contributed by atoms with van der Waals surface area (Å²) >= 11 is 0. The van der Waals surface area contributed by atoms with Gasteiger partial charge < -0.3 is 15.4 Å². The number of hydrogen-bond acceptors (Lipinski definition) is 4. The van der Waals surface area contributed by atoms with E-state index in [0.29, 0.717) is 11.8 Å². The number of anilines is 2. The molecule has 0 fully saturated rings. The number of nitrogens with zero attached hydrogens (tertiary/aromatic N) is 1. The summed E-state index contributed by atoms with van der Waals surface area (Å²) < 4.78 is 45.1. The van der Waals surface area contributed by atoms with E-state index in [0.717, 1.165) is 17.2 Å². The summed E-state index contributed by atoms with van der Waals surface area (Å²) in [4.78, 5) is 26.2. The van der Waals surface area contributed by atoms with E-state index in [2.05, 4.69) is 10.6 Å². The molecule has 0 saturated carbocycles. The van der Waals surface area contributed by atoms with Crippen molar-refractivity contribution in [2.24, 2.45) is 0 Å². The Morgan fingerprint density at radius 3 is 2.20 bits per heavy atom. The third-order valence-electron chi connectivity index (χ3n) is 4.53. The SMILES string of the molecule is COCCN(CC(=O)Nc1cccc(C)c1C)CC(=O)Nc1ccc(F)c(F)c1F. The molecule has 0 aliphatic heterocycles. The largest absolute Gasteiger partial charge is 0.383 e. The molecule has 0 aliphatic rings. The van der Waals surface area contributed by atoms with Gasteiger partial charge in [0.05, 0.1) is 25.4 Å². The molecule has 6 nitrogen and oxygen atoms in total. The van der Waals surface area contributed by atoms with Gasteiger partial charge in [-0.25, -0.2) is 13.2 Å². The number of ether oxygens (including phenoxy) is 1. The smallest absolute Gasteiger partial charge is 0.238 e. The van der Waals surface area contributed by atoms with Crippen LogP contribution in [0, 0.1) is 31.3 Å². The van der Waals surface area contributed by atoms with Crippen LogP contribution in [0.15, 0.2) is 30.3 Å². The molecule has 0 radical (unpaired) electrons. The Morgan fingerprint density at radius 1 is 0.933 bits per heavy atom. The van der Waals surface area contributed by atoms with E-state index in [9.17, 15) is 22.8 Å². The van der Waals surface area contributed by atoms with E-state index < -0.39 is 29.0 Å². The van der Waals surface area contributed by atoms with Crippen molar-refractivity contribution >= 4 is 23.2 Å².